The first-order valence-electron chi connectivity index (χ1n) is 5.65. The Bertz CT molecular complexity index is 402. The Balaban J connectivity index is 1.90. The summed E-state index contributed by atoms with van der Waals surface area (Å²) in [4.78, 5) is 0. The van der Waals surface area contributed by atoms with E-state index in [2.05, 4.69) is 21.2 Å². The fraction of sp³-hybridized carbons (Fsp3) is 0.500. The molecule has 0 radical (unpaired) electrons. The van der Waals surface area contributed by atoms with Crippen LogP contribution in [-0.2, 0) is 6.42 Å². The van der Waals surface area contributed by atoms with E-state index in [4.69, 9.17) is 9.47 Å². The van der Waals surface area contributed by atoms with Gasteiger partial charge in [0.25, 0.3) is 0 Å². The smallest absolute Gasteiger partial charge is 0.231 e. The van der Waals surface area contributed by atoms with Gasteiger partial charge in [0.1, 0.15) is 0 Å². The molecule has 86 valence electrons. The molecule has 0 bridgehead atoms. The maximum atomic E-state index is 5.54. The van der Waals surface area contributed by atoms with Crippen LogP contribution in [0.15, 0.2) is 16.6 Å². The van der Waals surface area contributed by atoms with E-state index in [1.807, 2.05) is 12.1 Å². The summed E-state index contributed by atoms with van der Waals surface area (Å²) in [6.45, 7) is 1.48. The first-order valence-corrected chi connectivity index (χ1v) is 6.44. The molecule has 3 nitrogen and oxygen atoms in total. The third kappa shape index (κ3) is 1.80. The molecule has 2 aliphatic rings. The fourth-order valence-electron chi connectivity index (χ4n) is 2.37. The van der Waals surface area contributed by atoms with Gasteiger partial charge < -0.3 is 14.8 Å². The van der Waals surface area contributed by atoms with Crippen LogP contribution in [0.5, 0.6) is 11.5 Å². The van der Waals surface area contributed by atoms with Gasteiger partial charge in [0.2, 0.25) is 6.79 Å². The molecular formula is C12H14BrNO2. The van der Waals surface area contributed by atoms with Crippen molar-refractivity contribution in [3.05, 3.63) is 22.2 Å². The molecule has 0 saturated carbocycles. The lowest BCUT2D eigenvalue weighted by molar-refractivity contribution is 0.173. The van der Waals surface area contributed by atoms with Crippen molar-refractivity contribution in [2.24, 2.45) is 0 Å². The van der Waals surface area contributed by atoms with Gasteiger partial charge in [-0.05, 0) is 37.9 Å². The van der Waals surface area contributed by atoms with E-state index in [1.165, 1.54) is 18.4 Å². The molecule has 1 aromatic carbocycles. The lowest BCUT2D eigenvalue weighted by Crippen LogP contribution is -2.23. The molecule has 1 saturated heterocycles. The number of hydrogen-bond acceptors (Lipinski definition) is 3. The maximum absolute atomic E-state index is 5.54. The van der Waals surface area contributed by atoms with Crippen molar-refractivity contribution in [3.8, 4) is 11.5 Å². The third-order valence-electron chi connectivity index (χ3n) is 3.20. The van der Waals surface area contributed by atoms with E-state index < -0.39 is 0 Å². The van der Waals surface area contributed by atoms with Crippen LogP contribution in [0.4, 0.5) is 0 Å². The number of halogens is 1. The monoisotopic (exact) mass is 283 g/mol. The van der Waals surface area contributed by atoms with Gasteiger partial charge in [-0.1, -0.05) is 15.9 Å². The average molecular weight is 284 g/mol. The van der Waals surface area contributed by atoms with Gasteiger partial charge in [0, 0.05) is 16.1 Å². The zero-order valence-electron chi connectivity index (χ0n) is 8.96. The van der Waals surface area contributed by atoms with Gasteiger partial charge in [-0.25, -0.2) is 0 Å². The van der Waals surface area contributed by atoms with Crippen molar-refractivity contribution in [1.82, 2.24) is 5.32 Å². The summed E-state index contributed by atoms with van der Waals surface area (Å²) < 4.78 is 12.1. The number of fused-ring (bicyclic) bond motifs is 1. The third-order valence-corrected chi connectivity index (χ3v) is 3.94. The topological polar surface area (TPSA) is 30.5 Å². The van der Waals surface area contributed by atoms with Crippen molar-refractivity contribution in [1.29, 1.82) is 0 Å². The molecule has 0 aromatic heterocycles. The van der Waals surface area contributed by atoms with E-state index in [-0.39, 0.29) is 0 Å². The largest absolute Gasteiger partial charge is 0.454 e. The Morgan fingerprint density at radius 1 is 1.38 bits per heavy atom. The zero-order valence-corrected chi connectivity index (χ0v) is 10.5. The Morgan fingerprint density at radius 2 is 2.31 bits per heavy atom. The van der Waals surface area contributed by atoms with Crippen LogP contribution in [0.25, 0.3) is 0 Å². The van der Waals surface area contributed by atoms with Crippen molar-refractivity contribution < 1.29 is 9.47 Å². The minimum absolute atomic E-state index is 0.344. The van der Waals surface area contributed by atoms with Crippen molar-refractivity contribution in [2.45, 2.75) is 25.3 Å². The molecule has 1 unspecified atom stereocenters. The van der Waals surface area contributed by atoms with E-state index in [0.717, 1.165) is 28.9 Å². The summed E-state index contributed by atoms with van der Waals surface area (Å²) in [6, 6.07) is 4.57. The lowest BCUT2D eigenvalue weighted by atomic mass is 10.0. The average Bonchev–Trinajstić information content (AvgIpc) is 2.92. The van der Waals surface area contributed by atoms with E-state index in [9.17, 15) is 0 Å². The minimum Gasteiger partial charge on any atom is -0.454 e. The Hall–Kier alpha value is -0.740. The van der Waals surface area contributed by atoms with Gasteiger partial charge in [-0.15, -0.1) is 0 Å². The standard InChI is InChI=1S/C12H14BrNO2/c13-10-3-4-11-12(16-7-15-11)9(10)6-8-2-1-5-14-8/h3-4,8,14H,1-2,5-7H2. The SMILES string of the molecule is Brc1ccc2c(c1CC1CCCN1)OCO2. The van der Waals surface area contributed by atoms with Gasteiger partial charge in [-0.2, -0.15) is 0 Å². The summed E-state index contributed by atoms with van der Waals surface area (Å²) in [5, 5.41) is 3.51. The van der Waals surface area contributed by atoms with Gasteiger partial charge in [-0.3, -0.25) is 0 Å². The van der Waals surface area contributed by atoms with Crippen LogP contribution in [0.1, 0.15) is 18.4 Å². The second-order valence-corrected chi connectivity index (χ2v) is 5.11. The Labute approximate surface area is 103 Å². The van der Waals surface area contributed by atoms with Crippen LogP contribution in [0, 0.1) is 0 Å². The van der Waals surface area contributed by atoms with Crippen molar-refractivity contribution in [2.75, 3.05) is 13.3 Å². The normalized spacial score (nSPS) is 22.7. The van der Waals surface area contributed by atoms with Crippen LogP contribution >= 0.6 is 15.9 Å². The van der Waals surface area contributed by atoms with Crippen LogP contribution in [0.2, 0.25) is 0 Å². The number of rotatable bonds is 2. The highest BCUT2D eigenvalue weighted by molar-refractivity contribution is 9.10. The first kappa shape index (κ1) is 10.4. The quantitative estimate of drug-likeness (QED) is 0.905. The zero-order chi connectivity index (χ0) is 11.0. The molecular weight excluding hydrogens is 270 g/mol. The molecule has 1 atom stereocenters. The van der Waals surface area contributed by atoms with Crippen LogP contribution in [0.3, 0.4) is 0 Å². The van der Waals surface area contributed by atoms with Gasteiger partial charge in [0.05, 0.1) is 0 Å². The van der Waals surface area contributed by atoms with E-state index >= 15 is 0 Å². The predicted octanol–water partition coefficient (Wildman–Crippen LogP) is 2.47. The van der Waals surface area contributed by atoms with Crippen molar-refractivity contribution in [3.63, 3.8) is 0 Å². The number of hydrogen-bond donors (Lipinski definition) is 1. The molecule has 0 spiro atoms. The summed E-state index contributed by atoms with van der Waals surface area (Å²) in [5.74, 6) is 1.79. The molecule has 1 N–H and O–H groups in total. The number of ether oxygens (including phenoxy) is 2. The predicted molar refractivity (Wildman–Crippen MR) is 65.0 cm³/mol. The second kappa shape index (κ2) is 4.26. The summed E-state index contributed by atoms with van der Waals surface area (Å²) in [5.41, 5.74) is 1.23. The van der Waals surface area contributed by atoms with Gasteiger partial charge in [0.15, 0.2) is 11.5 Å². The molecule has 0 amide bonds. The summed E-state index contributed by atoms with van der Waals surface area (Å²) in [7, 11) is 0. The van der Waals surface area contributed by atoms with Crippen LogP contribution < -0.4 is 14.8 Å². The van der Waals surface area contributed by atoms with E-state index in [0.29, 0.717) is 12.8 Å². The highest BCUT2D eigenvalue weighted by Gasteiger charge is 2.23. The van der Waals surface area contributed by atoms with Crippen LogP contribution in [-0.4, -0.2) is 19.4 Å². The molecule has 1 aromatic rings. The minimum atomic E-state index is 0.344. The van der Waals surface area contributed by atoms with Gasteiger partial charge >= 0.3 is 0 Å². The molecule has 4 heteroatoms. The fourth-order valence-corrected chi connectivity index (χ4v) is 2.85. The van der Waals surface area contributed by atoms with Crippen molar-refractivity contribution >= 4 is 15.9 Å². The Kier molecular flexibility index (Phi) is 2.77. The number of benzene rings is 1. The summed E-state index contributed by atoms with van der Waals surface area (Å²) >= 11 is 3.59. The highest BCUT2D eigenvalue weighted by atomic mass is 79.9. The molecule has 2 aliphatic heterocycles. The first-order chi connectivity index (χ1) is 7.84. The molecule has 1 fully saturated rings. The lowest BCUT2D eigenvalue weighted by Gasteiger charge is -2.13. The molecule has 2 heterocycles. The highest BCUT2D eigenvalue weighted by Crippen LogP contribution is 2.40. The Morgan fingerprint density at radius 3 is 3.12 bits per heavy atom. The van der Waals surface area contributed by atoms with E-state index in [1.54, 1.807) is 0 Å². The molecule has 16 heavy (non-hydrogen) atoms. The summed E-state index contributed by atoms with van der Waals surface area (Å²) in [6.07, 6.45) is 3.53. The maximum Gasteiger partial charge on any atom is 0.231 e. The number of nitrogens with one attached hydrogen (secondary N) is 1. The molecule has 0 aliphatic carbocycles. The molecule has 3 rings (SSSR count). The second-order valence-electron chi connectivity index (χ2n) is 4.26.